The zero-order valence-corrected chi connectivity index (χ0v) is 20.9. The summed E-state index contributed by atoms with van der Waals surface area (Å²) in [6.07, 6.45) is 3.60. The van der Waals surface area contributed by atoms with Crippen molar-refractivity contribution < 1.29 is 18.0 Å². The van der Waals surface area contributed by atoms with Crippen molar-refractivity contribution in [2.24, 2.45) is 0 Å². The highest BCUT2D eigenvalue weighted by atomic mass is 35.5. The molecule has 2 aromatic carbocycles. The quantitative estimate of drug-likeness (QED) is 0.502. The molecule has 3 aromatic rings. The summed E-state index contributed by atoms with van der Waals surface area (Å²) in [5, 5.41) is 5.96. The van der Waals surface area contributed by atoms with Crippen LogP contribution >= 0.6 is 11.6 Å². The molecule has 8 nitrogen and oxygen atoms in total. The first kappa shape index (κ1) is 24.7. The molecule has 0 radical (unpaired) electrons. The SMILES string of the molecule is Cc1cc(S(=O)(=O)N2c3ccccc3NC(=O)[C@H]2CC(=O)NCCc2cccnc2)c(C)cc1Cl. The van der Waals surface area contributed by atoms with Crippen LogP contribution in [0.5, 0.6) is 0 Å². The highest BCUT2D eigenvalue weighted by molar-refractivity contribution is 7.93. The van der Waals surface area contributed by atoms with E-state index in [1.807, 2.05) is 12.1 Å². The van der Waals surface area contributed by atoms with Crippen molar-refractivity contribution in [2.75, 3.05) is 16.2 Å². The number of rotatable bonds is 7. The van der Waals surface area contributed by atoms with Crippen LogP contribution in [0.25, 0.3) is 0 Å². The molecule has 1 aromatic heterocycles. The molecule has 0 fully saturated rings. The molecule has 0 saturated heterocycles. The van der Waals surface area contributed by atoms with Gasteiger partial charge in [0.1, 0.15) is 6.04 Å². The molecule has 4 rings (SSSR count). The average Bonchev–Trinajstić information content (AvgIpc) is 2.82. The Labute approximate surface area is 209 Å². The summed E-state index contributed by atoms with van der Waals surface area (Å²) in [6, 6.07) is 12.1. The van der Waals surface area contributed by atoms with Gasteiger partial charge in [-0.2, -0.15) is 0 Å². The van der Waals surface area contributed by atoms with Gasteiger partial charge in [-0.15, -0.1) is 0 Å². The van der Waals surface area contributed by atoms with Crippen molar-refractivity contribution in [2.45, 2.75) is 37.6 Å². The molecule has 2 amide bonds. The minimum absolute atomic E-state index is 0.0332. The molecular formula is C25H25ClN4O4S. The third-order valence-corrected chi connectivity index (χ3v) is 8.19. The molecule has 35 heavy (non-hydrogen) atoms. The average molecular weight is 513 g/mol. The van der Waals surface area contributed by atoms with Crippen LogP contribution in [0.2, 0.25) is 5.02 Å². The molecule has 1 atom stereocenters. The van der Waals surface area contributed by atoms with E-state index < -0.39 is 27.9 Å². The molecule has 10 heteroatoms. The Morgan fingerprint density at radius 1 is 1.14 bits per heavy atom. The number of fused-ring (bicyclic) bond motifs is 1. The van der Waals surface area contributed by atoms with E-state index in [0.29, 0.717) is 40.5 Å². The second kappa shape index (κ2) is 10.1. The third-order valence-electron chi connectivity index (χ3n) is 5.82. The number of nitrogens with zero attached hydrogens (tertiary/aromatic N) is 2. The summed E-state index contributed by atoms with van der Waals surface area (Å²) in [4.78, 5) is 29.9. The summed E-state index contributed by atoms with van der Waals surface area (Å²) < 4.78 is 28.9. The number of halogens is 1. The Balaban J connectivity index is 1.65. The largest absolute Gasteiger partial charge is 0.356 e. The summed E-state index contributed by atoms with van der Waals surface area (Å²) in [7, 11) is -4.21. The maximum absolute atomic E-state index is 13.9. The van der Waals surface area contributed by atoms with Crippen molar-refractivity contribution in [3.63, 3.8) is 0 Å². The number of amides is 2. The number of nitrogens with one attached hydrogen (secondary N) is 2. The maximum Gasteiger partial charge on any atom is 0.265 e. The van der Waals surface area contributed by atoms with Crippen LogP contribution in [-0.2, 0) is 26.0 Å². The maximum atomic E-state index is 13.9. The van der Waals surface area contributed by atoms with E-state index in [0.717, 1.165) is 9.87 Å². The van der Waals surface area contributed by atoms with E-state index in [1.54, 1.807) is 56.6 Å². The van der Waals surface area contributed by atoms with Gasteiger partial charge in [0.15, 0.2) is 0 Å². The van der Waals surface area contributed by atoms with Gasteiger partial charge >= 0.3 is 0 Å². The molecule has 0 spiro atoms. The van der Waals surface area contributed by atoms with Crippen molar-refractivity contribution in [1.29, 1.82) is 0 Å². The van der Waals surface area contributed by atoms with Crippen LogP contribution < -0.4 is 14.9 Å². The van der Waals surface area contributed by atoms with Crippen molar-refractivity contribution in [3.05, 3.63) is 82.6 Å². The summed E-state index contributed by atoms with van der Waals surface area (Å²) in [5.74, 6) is -1.00. The zero-order valence-electron chi connectivity index (χ0n) is 19.3. The van der Waals surface area contributed by atoms with E-state index in [1.165, 1.54) is 6.07 Å². The Kier molecular flexibility index (Phi) is 7.09. The molecule has 0 aliphatic carbocycles. The number of benzene rings is 2. The van der Waals surface area contributed by atoms with Crippen LogP contribution in [0.15, 0.2) is 65.8 Å². The van der Waals surface area contributed by atoms with Crippen molar-refractivity contribution >= 4 is 44.8 Å². The molecule has 2 heterocycles. The van der Waals surface area contributed by atoms with E-state index in [4.69, 9.17) is 11.6 Å². The molecule has 1 aliphatic heterocycles. The fourth-order valence-electron chi connectivity index (χ4n) is 4.01. The number of aromatic nitrogens is 1. The smallest absolute Gasteiger partial charge is 0.265 e. The number of para-hydroxylation sites is 2. The molecule has 0 unspecified atom stereocenters. The Morgan fingerprint density at radius 3 is 2.66 bits per heavy atom. The Hall–Kier alpha value is -3.43. The lowest BCUT2D eigenvalue weighted by molar-refractivity contribution is -0.125. The number of aryl methyl sites for hydroxylation is 2. The van der Waals surface area contributed by atoms with Gasteiger partial charge in [-0.25, -0.2) is 8.42 Å². The Bertz CT molecular complexity index is 1380. The van der Waals surface area contributed by atoms with Crippen LogP contribution in [-0.4, -0.2) is 37.8 Å². The number of sulfonamides is 1. The first-order chi connectivity index (χ1) is 16.7. The number of anilines is 2. The molecule has 182 valence electrons. The lowest BCUT2D eigenvalue weighted by Gasteiger charge is -2.37. The van der Waals surface area contributed by atoms with E-state index in [2.05, 4.69) is 15.6 Å². The monoisotopic (exact) mass is 512 g/mol. The first-order valence-corrected chi connectivity index (χ1v) is 12.9. The highest BCUT2D eigenvalue weighted by Crippen LogP contribution is 2.38. The van der Waals surface area contributed by atoms with Gasteiger partial charge in [0, 0.05) is 24.0 Å². The van der Waals surface area contributed by atoms with E-state index in [-0.39, 0.29) is 11.3 Å². The minimum atomic E-state index is -4.21. The van der Waals surface area contributed by atoms with Crippen LogP contribution in [0.4, 0.5) is 11.4 Å². The minimum Gasteiger partial charge on any atom is -0.356 e. The fourth-order valence-corrected chi connectivity index (χ4v) is 6.16. The lowest BCUT2D eigenvalue weighted by Crippen LogP contribution is -2.53. The standard InChI is InChI=1S/C25H25ClN4O4S/c1-16-13-23(17(2)12-19(16)26)35(33,34)30-21-8-4-3-7-20(21)29-25(32)22(30)14-24(31)28-11-9-18-6-5-10-27-15-18/h3-8,10,12-13,15,22H,9,11,14H2,1-2H3,(H,28,31)(H,29,32)/t22-/m1/s1. The van der Waals surface area contributed by atoms with E-state index >= 15 is 0 Å². The molecule has 2 N–H and O–H groups in total. The number of pyridine rings is 1. The number of carbonyl (C=O) groups excluding carboxylic acids is 2. The molecule has 1 aliphatic rings. The third kappa shape index (κ3) is 5.16. The predicted octanol–water partition coefficient (Wildman–Crippen LogP) is 3.62. The molecule has 0 bridgehead atoms. The van der Waals surface area contributed by atoms with Gasteiger partial charge in [-0.05, 0) is 67.3 Å². The number of carbonyl (C=O) groups is 2. The topological polar surface area (TPSA) is 108 Å². The number of hydrogen-bond donors (Lipinski definition) is 2. The van der Waals surface area contributed by atoms with Gasteiger partial charge in [-0.1, -0.05) is 29.8 Å². The first-order valence-electron chi connectivity index (χ1n) is 11.0. The van der Waals surface area contributed by atoms with E-state index in [9.17, 15) is 18.0 Å². The Morgan fingerprint density at radius 2 is 1.91 bits per heavy atom. The van der Waals surface area contributed by atoms with Crippen LogP contribution in [0.3, 0.4) is 0 Å². The predicted molar refractivity (Wildman–Crippen MR) is 135 cm³/mol. The van der Waals surface area contributed by atoms with Crippen molar-refractivity contribution in [3.8, 4) is 0 Å². The molecule has 0 saturated carbocycles. The van der Waals surface area contributed by atoms with Gasteiger partial charge < -0.3 is 10.6 Å². The number of hydrogen-bond acceptors (Lipinski definition) is 5. The second-order valence-corrected chi connectivity index (χ2v) is 10.5. The van der Waals surface area contributed by atoms with Gasteiger partial charge in [0.2, 0.25) is 11.8 Å². The second-order valence-electron chi connectivity index (χ2n) is 8.36. The lowest BCUT2D eigenvalue weighted by atomic mass is 10.1. The summed E-state index contributed by atoms with van der Waals surface area (Å²) >= 11 is 6.19. The van der Waals surface area contributed by atoms with Gasteiger partial charge in [0.25, 0.3) is 10.0 Å². The van der Waals surface area contributed by atoms with Gasteiger partial charge in [-0.3, -0.25) is 18.9 Å². The summed E-state index contributed by atoms with van der Waals surface area (Å²) in [6.45, 7) is 3.69. The normalized spacial score (nSPS) is 15.3. The summed E-state index contributed by atoms with van der Waals surface area (Å²) in [5.41, 5.74) is 2.65. The fraction of sp³-hybridized carbons (Fsp3) is 0.240. The van der Waals surface area contributed by atoms with Gasteiger partial charge in [0.05, 0.1) is 22.7 Å². The van der Waals surface area contributed by atoms with Crippen molar-refractivity contribution in [1.82, 2.24) is 10.3 Å². The van der Waals surface area contributed by atoms with Crippen LogP contribution in [0.1, 0.15) is 23.1 Å². The zero-order chi connectivity index (χ0) is 25.2. The highest BCUT2D eigenvalue weighted by Gasteiger charge is 2.42. The van der Waals surface area contributed by atoms with Crippen LogP contribution in [0, 0.1) is 13.8 Å². The molecular weight excluding hydrogens is 488 g/mol.